The predicted molar refractivity (Wildman–Crippen MR) is 95.6 cm³/mol. The van der Waals surface area contributed by atoms with Gasteiger partial charge in [0, 0.05) is 17.1 Å². The summed E-state index contributed by atoms with van der Waals surface area (Å²) < 4.78 is 0. The van der Waals surface area contributed by atoms with Gasteiger partial charge in [0.25, 0.3) is 5.91 Å². The molecule has 5 nitrogen and oxygen atoms in total. The second kappa shape index (κ2) is 6.91. The number of amides is 1. The van der Waals surface area contributed by atoms with Gasteiger partial charge in [-0.05, 0) is 44.2 Å². The number of aromatic nitrogens is 2. The number of carbonyl (C=O) groups is 1. The molecule has 0 radical (unpaired) electrons. The lowest BCUT2D eigenvalue weighted by Gasteiger charge is -2.09. The Morgan fingerprint density at radius 1 is 0.875 bits per heavy atom. The number of carbonyl (C=O) groups excluding carboxylic acids is 1. The summed E-state index contributed by atoms with van der Waals surface area (Å²) in [5, 5.41) is 5.96. The zero-order valence-corrected chi connectivity index (χ0v) is 13.6. The molecule has 1 heterocycles. The summed E-state index contributed by atoms with van der Waals surface area (Å²) in [6.07, 6.45) is 0. The summed E-state index contributed by atoms with van der Waals surface area (Å²) in [5.74, 6) is 0.135. The SMILES string of the molecule is Cc1ccc(NC(=O)c2cc(C)nc(Nc3ccccc3)n2)cc1. The second-order valence-corrected chi connectivity index (χ2v) is 5.53. The third kappa shape index (κ3) is 3.95. The van der Waals surface area contributed by atoms with E-state index in [-0.39, 0.29) is 5.91 Å². The van der Waals surface area contributed by atoms with Crippen LogP contribution in [0.15, 0.2) is 60.7 Å². The first-order chi connectivity index (χ1) is 11.6. The van der Waals surface area contributed by atoms with Crippen molar-refractivity contribution in [3.8, 4) is 0 Å². The molecule has 0 unspecified atom stereocenters. The first kappa shape index (κ1) is 15.7. The lowest BCUT2D eigenvalue weighted by molar-refractivity contribution is 0.102. The molecule has 120 valence electrons. The second-order valence-electron chi connectivity index (χ2n) is 5.53. The first-order valence-corrected chi connectivity index (χ1v) is 7.66. The van der Waals surface area contributed by atoms with Crippen LogP contribution in [0, 0.1) is 13.8 Å². The molecule has 0 fully saturated rings. The fourth-order valence-electron chi connectivity index (χ4n) is 2.22. The van der Waals surface area contributed by atoms with Crippen LogP contribution in [0.2, 0.25) is 0 Å². The largest absolute Gasteiger partial charge is 0.324 e. The van der Waals surface area contributed by atoms with Crippen LogP contribution in [0.1, 0.15) is 21.7 Å². The maximum atomic E-state index is 12.4. The summed E-state index contributed by atoms with van der Waals surface area (Å²) >= 11 is 0. The normalized spacial score (nSPS) is 10.2. The van der Waals surface area contributed by atoms with E-state index < -0.39 is 0 Å². The smallest absolute Gasteiger partial charge is 0.274 e. The predicted octanol–water partition coefficient (Wildman–Crippen LogP) is 4.09. The zero-order chi connectivity index (χ0) is 16.9. The highest BCUT2D eigenvalue weighted by Gasteiger charge is 2.11. The number of anilines is 3. The van der Waals surface area contributed by atoms with Gasteiger partial charge in [0.1, 0.15) is 5.69 Å². The van der Waals surface area contributed by atoms with Crippen LogP contribution in [0.5, 0.6) is 0 Å². The summed E-state index contributed by atoms with van der Waals surface area (Å²) in [6.45, 7) is 3.83. The molecule has 0 spiro atoms. The monoisotopic (exact) mass is 318 g/mol. The fourth-order valence-corrected chi connectivity index (χ4v) is 2.22. The van der Waals surface area contributed by atoms with E-state index in [1.165, 1.54) is 0 Å². The number of nitrogens with one attached hydrogen (secondary N) is 2. The van der Waals surface area contributed by atoms with Crippen molar-refractivity contribution in [3.63, 3.8) is 0 Å². The van der Waals surface area contributed by atoms with E-state index in [1.54, 1.807) is 6.07 Å². The summed E-state index contributed by atoms with van der Waals surface area (Å²) in [6, 6.07) is 18.9. The Kier molecular flexibility index (Phi) is 4.52. The van der Waals surface area contributed by atoms with E-state index in [9.17, 15) is 4.79 Å². The van der Waals surface area contributed by atoms with Crippen molar-refractivity contribution in [3.05, 3.63) is 77.6 Å². The number of nitrogens with zero attached hydrogens (tertiary/aromatic N) is 2. The van der Waals surface area contributed by atoms with Crippen LogP contribution in [-0.4, -0.2) is 15.9 Å². The van der Waals surface area contributed by atoms with Crippen LogP contribution in [-0.2, 0) is 0 Å². The van der Waals surface area contributed by atoms with E-state index in [0.29, 0.717) is 11.6 Å². The highest BCUT2D eigenvalue weighted by atomic mass is 16.1. The van der Waals surface area contributed by atoms with Crippen LogP contribution in [0.3, 0.4) is 0 Å². The van der Waals surface area contributed by atoms with Crippen molar-refractivity contribution >= 4 is 23.2 Å². The molecule has 0 saturated carbocycles. The Labute approximate surface area is 140 Å². The van der Waals surface area contributed by atoms with Gasteiger partial charge in [0.2, 0.25) is 5.95 Å². The van der Waals surface area contributed by atoms with Gasteiger partial charge in [-0.1, -0.05) is 35.9 Å². The standard InChI is InChI=1S/C19H18N4O/c1-13-8-10-16(11-9-13)21-18(24)17-12-14(2)20-19(23-17)22-15-6-4-3-5-7-15/h3-12H,1-2H3,(H,21,24)(H,20,22,23). The molecule has 0 aliphatic carbocycles. The van der Waals surface area contributed by atoms with Crippen molar-refractivity contribution in [2.75, 3.05) is 10.6 Å². The van der Waals surface area contributed by atoms with Crippen molar-refractivity contribution in [1.29, 1.82) is 0 Å². The maximum absolute atomic E-state index is 12.4. The van der Waals surface area contributed by atoms with Crippen molar-refractivity contribution in [2.24, 2.45) is 0 Å². The highest BCUT2D eigenvalue weighted by molar-refractivity contribution is 6.03. The molecule has 1 aromatic heterocycles. The summed E-state index contributed by atoms with van der Waals surface area (Å²) in [7, 11) is 0. The van der Waals surface area contributed by atoms with E-state index >= 15 is 0 Å². The minimum Gasteiger partial charge on any atom is -0.324 e. The van der Waals surface area contributed by atoms with Gasteiger partial charge in [0.05, 0.1) is 0 Å². The molecule has 0 aliphatic heterocycles. The molecule has 2 aromatic carbocycles. The van der Waals surface area contributed by atoms with Gasteiger partial charge in [-0.25, -0.2) is 9.97 Å². The Balaban J connectivity index is 1.80. The van der Waals surface area contributed by atoms with E-state index in [4.69, 9.17) is 0 Å². The zero-order valence-electron chi connectivity index (χ0n) is 13.6. The average Bonchev–Trinajstić information content (AvgIpc) is 2.57. The maximum Gasteiger partial charge on any atom is 0.274 e. The highest BCUT2D eigenvalue weighted by Crippen LogP contribution is 2.15. The lowest BCUT2D eigenvalue weighted by atomic mass is 10.2. The van der Waals surface area contributed by atoms with Crippen LogP contribution in [0.4, 0.5) is 17.3 Å². The number of benzene rings is 2. The van der Waals surface area contributed by atoms with Crippen LogP contribution >= 0.6 is 0 Å². The third-order valence-electron chi connectivity index (χ3n) is 3.43. The Morgan fingerprint density at radius 2 is 1.58 bits per heavy atom. The Bertz CT molecular complexity index is 845. The average molecular weight is 318 g/mol. The topological polar surface area (TPSA) is 66.9 Å². The molecule has 5 heteroatoms. The molecular weight excluding hydrogens is 300 g/mol. The van der Waals surface area contributed by atoms with Gasteiger partial charge in [0.15, 0.2) is 0 Å². The number of rotatable bonds is 4. The van der Waals surface area contributed by atoms with E-state index in [0.717, 1.165) is 22.6 Å². The van der Waals surface area contributed by atoms with Crippen molar-refractivity contribution in [2.45, 2.75) is 13.8 Å². The summed E-state index contributed by atoms with van der Waals surface area (Å²) in [4.78, 5) is 21.1. The molecule has 3 aromatic rings. The van der Waals surface area contributed by atoms with Gasteiger partial charge in [-0.3, -0.25) is 4.79 Å². The molecule has 0 saturated heterocycles. The van der Waals surface area contributed by atoms with Gasteiger partial charge >= 0.3 is 0 Å². The number of hydrogen-bond donors (Lipinski definition) is 2. The molecule has 0 atom stereocenters. The number of hydrogen-bond acceptors (Lipinski definition) is 4. The van der Waals surface area contributed by atoms with Gasteiger partial charge < -0.3 is 10.6 Å². The Morgan fingerprint density at radius 3 is 2.29 bits per heavy atom. The van der Waals surface area contributed by atoms with Gasteiger partial charge in [-0.2, -0.15) is 0 Å². The minimum absolute atomic E-state index is 0.263. The van der Waals surface area contributed by atoms with E-state index in [1.807, 2.05) is 68.4 Å². The van der Waals surface area contributed by atoms with Crippen LogP contribution < -0.4 is 10.6 Å². The molecular formula is C19H18N4O. The fraction of sp³-hybridized carbons (Fsp3) is 0.105. The summed E-state index contributed by atoms with van der Waals surface area (Å²) in [5.41, 5.74) is 3.78. The minimum atomic E-state index is -0.263. The molecule has 2 N–H and O–H groups in total. The Hall–Kier alpha value is -3.21. The molecule has 3 rings (SSSR count). The molecule has 1 amide bonds. The lowest BCUT2D eigenvalue weighted by Crippen LogP contribution is -2.15. The quantitative estimate of drug-likeness (QED) is 0.760. The van der Waals surface area contributed by atoms with Crippen molar-refractivity contribution < 1.29 is 4.79 Å². The van der Waals surface area contributed by atoms with Gasteiger partial charge in [-0.15, -0.1) is 0 Å². The number of para-hydroxylation sites is 1. The number of aryl methyl sites for hydroxylation is 2. The third-order valence-corrected chi connectivity index (χ3v) is 3.43. The van der Waals surface area contributed by atoms with Crippen molar-refractivity contribution in [1.82, 2.24) is 9.97 Å². The van der Waals surface area contributed by atoms with Crippen LogP contribution in [0.25, 0.3) is 0 Å². The molecule has 24 heavy (non-hydrogen) atoms. The molecule has 0 bridgehead atoms. The molecule has 0 aliphatic rings. The van der Waals surface area contributed by atoms with E-state index in [2.05, 4.69) is 20.6 Å². The first-order valence-electron chi connectivity index (χ1n) is 7.66.